The molecule has 0 heterocycles. The largest absolute Gasteiger partial charge is 0.466 e. The highest BCUT2D eigenvalue weighted by molar-refractivity contribution is 5.90. The van der Waals surface area contributed by atoms with Gasteiger partial charge in [0.2, 0.25) is 0 Å². The van der Waals surface area contributed by atoms with Gasteiger partial charge in [0.1, 0.15) is 0 Å². The van der Waals surface area contributed by atoms with Crippen molar-refractivity contribution >= 4 is 17.6 Å². The third kappa shape index (κ3) is 4.62. The number of carbonyl (C=O) groups excluding carboxylic acids is 2. The Morgan fingerprint density at radius 2 is 1.84 bits per heavy atom. The van der Waals surface area contributed by atoms with Crippen LogP contribution in [0.3, 0.4) is 0 Å². The molecule has 5 nitrogen and oxygen atoms in total. The van der Waals surface area contributed by atoms with Crippen LogP contribution in [0.15, 0.2) is 18.2 Å². The van der Waals surface area contributed by atoms with Crippen LogP contribution in [0, 0.1) is 0 Å². The third-order valence-electron chi connectivity index (χ3n) is 2.56. The Balaban J connectivity index is 2.67. The average molecular weight is 265 g/mol. The van der Waals surface area contributed by atoms with Gasteiger partial charge in [0.15, 0.2) is 0 Å². The SMILES string of the molecule is CCOC(=O)CCc1ccc(C(=O)OCC)cc1N. The predicted octanol–water partition coefficient (Wildman–Crippen LogP) is 1.94. The lowest BCUT2D eigenvalue weighted by Crippen LogP contribution is -2.08. The standard InChI is InChI=1S/C14H19NO4/c1-3-18-13(16)8-7-10-5-6-11(9-12(10)15)14(17)19-4-2/h5-6,9H,3-4,7-8,15H2,1-2H3. The Morgan fingerprint density at radius 1 is 1.16 bits per heavy atom. The van der Waals surface area contributed by atoms with Gasteiger partial charge in [-0.3, -0.25) is 4.79 Å². The van der Waals surface area contributed by atoms with Crippen LogP contribution in [-0.2, 0) is 20.7 Å². The number of nitrogens with two attached hydrogens (primary N) is 1. The second-order valence-electron chi connectivity index (χ2n) is 3.94. The molecule has 0 amide bonds. The Hall–Kier alpha value is -2.04. The fourth-order valence-corrected chi connectivity index (χ4v) is 1.63. The summed E-state index contributed by atoms with van der Waals surface area (Å²) >= 11 is 0. The highest BCUT2D eigenvalue weighted by Crippen LogP contribution is 2.17. The quantitative estimate of drug-likeness (QED) is 0.628. The molecule has 0 radical (unpaired) electrons. The van der Waals surface area contributed by atoms with E-state index in [4.69, 9.17) is 15.2 Å². The molecule has 1 aromatic rings. The van der Waals surface area contributed by atoms with Gasteiger partial charge in [-0.2, -0.15) is 0 Å². The molecule has 0 aliphatic rings. The van der Waals surface area contributed by atoms with Gasteiger partial charge in [-0.05, 0) is 38.0 Å². The summed E-state index contributed by atoms with van der Waals surface area (Å²) in [5, 5.41) is 0. The van der Waals surface area contributed by atoms with Gasteiger partial charge in [-0.25, -0.2) is 4.79 Å². The molecule has 0 aliphatic heterocycles. The Labute approximate surface area is 112 Å². The molecule has 2 N–H and O–H groups in total. The van der Waals surface area contributed by atoms with Crippen molar-refractivity contribution in [2.45, 2.75) is 26.7 Å². The minimum atomic E-state index is -0.397. The summed E-state index contributed by atoms with van der Waals surface area (Å²) in [6.07, 6.45) is 0.768. The fraction of sp³-hybridized carbons (Fsp3) is 0.429. The van der Waals surface area contributed by atoms with Crippen molar-refractivity contribution in [3.8, 4) is 0 Å². The van der Waals surface area contributed by atoms with Crippen molar-refractivity contribution < 1.29 is 19.1 Å². The van der Waals surface area contributed by atoms with Crippen molar-refractivity contribution in [1.82, 2.24) is 0 Å². The number of nitrogen functional groups attached to an aromatic ring is 1. The maximum atomic E-state index is 11.5. The Morgan fingerprint density at radius 3 is 2.42 bits per heavy atom. The van der Waals surface area contributed by atoms with Gasteiger partial charge < -0.3 is 15.2 Å². The first-order valence-electron chi connectivity index (χ1n) is 6.29. The monoisotopic (exact) mass is 265 g/mol. The third-order valence-corrected chi connectivity index (χ3v) is 2.56. The summed E-state index contributed by atoms with van der Waals surface area (Å²) in [4.78, 5) is 22.8. The number of esters is 2. The average Bonchev–Trinajstić information content (AvgIpc) is 2.38. The van der Waals surface area contributed by atoms with Crippen molar-refractivity contribution in [2.75, 3.05) is 18.9 Å². The molecule has 0 spiro atoms. The smallest absolute Gasteiger partial charge is 0.338 e. The first-order valence-corrected chi connectivity index (χ1v) is 6.29. The molecular formula is C14H19NO4. The van der Waals surface area contributed by atoms with Gasteiger partial charge in [-0.1, -0.05) is 6.07 Å². The van der Waals surface area contributed by atoms with Crippen LogP contribution in [-0.4, -0.2) is 25.2 Å². The zero-order valence-electron chi connectivity index (χ0n) is 11.3. The van der Waals surface area contributed by atoms with Gasteiger partial charge in [0, 0.05) is 12.1 Å². The lowest BCUT2D eigenvalue weighted by atomic mass is 10.0. The zero-order valence-corrected chi connectivity index (χ0v) is 11.3. The van der Waals surface area contributed by atoms with Gasteiger partial charge in [-0.15, -0.1) is 0 Å². The number of anilines is 1. The van der Waals surface area contributed by atoms with Crippen LogP contribution in [0.2, 0.25) is 0 Å². The van der Waals surface area contributed by atoms with Crippen LogP contribution < -0.4 is 5.73 Å². The number of carbonyl (C=O) groups is 2. The Bertz CT molecular complexity index is 457. The number of hydrogen-bond donors (Lipinski definition) is 1. The Kier molecular flexibility index (Phi) is 5.85. The second-order valence-corrected chi connectivity index (χ2v) is 3.94. The normalized spacial score (nSPS) is 10.0. The summed E-state index contributed by atoms with van der Waals surface area (Å²) in [6, 6.07) is 4.95. The first-order chi connectivity index (χ1) is 9.08. The van der Waals surface area contributed by atoms with Crippen molar-refractivity contribution in [3.63, 3.8) is 0 Å². The lowest BCUT2D eigenvalue weighted by Gasteiger charge is -2.08. The molecule has 0 unspecified atom stereocenters. The molecule has 0 saturated carbocycles. The van der Waals surface area contributed by atoms with Gasteiger partial charge in [0.25, 0.3) is 0 Å². The molecule has 0 aliphatic carbocycles. The minimum Gasteiger partial charge on any atom is -0.466 e. The molecule has 0 bridgehead atoms. The van der Waals surface area contributed by atoms with Crippen LogP contribution in [0.4, 0.5) is 5.69 Å². The van der Waals surface area contributed by atoms with E-state index in [1.54, 1.807) is 32.0 Å². The van der Waals surface area contributed by atoms with Crippen LogP contribution in [0.1, 0.15) is 36.2 Å². The van der Waals surface area contributed by atoms with Crippen LogP contribution >= 0.6 is 0 Å². The summed E-state index contributed by atoms with van der Waals surface area (Å²) in [5.74, 6) is -0.650. The summed E-state index contributed by atoms with van der Waals surface area (Å²) in [7, 11) is 0. The topological polar surface area (TPSA) is 78.6 Å². The van der Waals surface area contributed by atoms with E-state index >= 15 is 0 Å². The molecule has 0 atom stereocenters. The summed E-state index contributed by atoms with van der Waals surface area (Å²) in [5.41, 5.74) is 7.57. The van der Waals surface area contributed by atoms with Crippen LogP contribution in [0.25, 0.3) is 0 Å². The molecule has 104 valence electrons. The van der Waals surface area contributed by atoms with Crippen molar-refractivity contribution in [1.29, 1.82) is 0 Å². The number of hydrogen-bond acceptors (Lipinski definition) is 5. The van der Waals surface area contributed by atoms with Crippen molar-refractivity contribution in [3.05, 3.63) is 29.3 Å². The highest BCUT2D eigenvalue weighted by Gasteiger charge is 2.10. The molecule has 19 heavy (non-hydrogen) atoms. The van der Waals surface area contributed by atoms with Crippen molar-refractivity contribution in [2.24, 2.45) is 0 Å². The molecule has 0 saturated heterocycles. The maximum absolute atomic E-state index is 11.5. The maximum Gasteiger partial charge on any atom is 0.338 e. The number of aryl methyl sites for hydroxylation is 1. The number of ether oxygens (including phenoxy) is 2. The van der Waals surface area contributed by atoms with Gasteiger partial charge >= 0.3 is 11.9 Å². The molecule has 0 aromatic heterocycles. The van der Waals surface area contributed by atoms with Crippen LogP contribution in [0.5, 0.6) is 0 Å². The minimum absolute atomic E-state index is 0.253. The molecule has 1 rings (SSSR count). The number of benzene rings is 1. The predicted molar refractivity (Wildman–Crippen MR) is 71.8 cm³/mol. The first kappa shape index (κ1) is 15.0. The lowest BCUT2D eigenvalue weighted by molar-refractivity contribution is -0.143. The van der Waals surface area contributed by atoms with E-state index in [1.165, 1.54) is 0 Å². The van der Waals surface area contributed by atoms with E-state index in [-0.39, 0.29) is 12.4 Å². The highest BCUT2D eigenvalue weighted by atomic mass is 16.5. The van der Waals surface area contributed by atoms with E-state index < -0.39 is 5.97 Å². The zero-order chi connectivity index (χ0) is 14.3. The second kappa shape index (κ2) is 7.41. The molecule has 5 heteroatoms. The van der Waals surface area contributed by atoms with E-state index in [2.05, 4.69) is 0 Å². The van der Waals surface area contributed by atoms with E-state index in [0.29, 0.717) is 30.9 Å². The van der Waals surface area contributed by atoms with E-state index in [0.717, 1.165) is 5.56 Å². The van der Waals surface area contributed by atoms with Gasteiger partial charge in [0.05, 0.1) is 18.8 Å². The summed E-state index contributed by atoms with van der Waals surface area (Å²) in [6.45, 7) is 4.20. The molecular weight excluding hydrogens is 246 g/mol. The van der Waals surface area contributed by atoms with E-state index in [1.807, 2.05) is 0 Å². The molecule has 0 fully saturated rings. The number of rotatable bonds is 6. The summed E-state index contributed by atoms with van der Waals surface area (Å²) < 4.78 is 9.73. The molecule has 1 aromatic carbocycles. The van der Waals surface area contributed by atoms with E-state index in [9.17, 15) is 9.59 Å². The fourth-order valence-electron chi connectivity index (χ4n) is 1.63.